The molecule has 0 saturated carbocycles. The summed E-state index contributed by atoms with van der Waals surface area (Å²) in [6.07, 6.45) is -0.790. The first-order valence-corrected chi connectivity index (χ1v) is 4.22. The molecule has 78 valence electrons. The van der Waals surface area contributed by atoms with Gasteiger partial charge in [-0.1, -0.05) is 36.4 Å². The van der Waals surface area contributed by atoms with E-state index in [4.69, 9.17) is 10.5 Å². The zero-order chi connectivity index (χ0) is 9.97. The topological polar surface area (TPSA) is 87.3 Å². The fourth-order valence-corrected chi connectivity index (χ4v) is 1.39. The molecule has 0 radical (unpaired) electrons. The Hall–Kier alpha value is -2.07. The summed E-state index contributed by atoms with van der Waals surface area (Å²) in [7, 11) is 0. The van der Waals surface area contributed by atoms with Crippen molar-refractivity contribution in [3.63, 3.8) is 0 Å². The number of fused-ring (bicyclic) bond motifs is 1. The molecule has 0 aliphatic rings. The number of benzene rings is 2. The molecule has 0 aliphatic heterocycles. The number of hydrogen-bond acceptors (Lipinski definition) is 3. The Morgan fingerprint density at radius 2 is 1.73 bits per heavy atom. The lowest BCUT2D eigenvalue weighted by Gasteiger charge is -2.04. The molecule has 15 heavy (non-hydrogen) atoms. The maximum absolute atomic E-state index is 10.6. The SMILES string of the molecule is N.NC(=O)Oc1cccc2ccccc12. The van der Waals surface area contributed by atoms with Crippen LogP contribution >= 0.6 is 0 Å². The average Bonchev–Trinajstić information content (AvgIpc) is 2.18. The van der Waals surface area contributed by atoms with Gasteiger partial charge in [0.05, 0.1) is 0 Å². The number of nitrogens with two attached hydrogens (primary N) is 1. The molecule has 2 rings (SSSR count). The predicted octanol–water partition coefficient (Wildman–Crippen LogP) is 2.46. The number of amides is 1. The monoisotopic (exact) mass is 204 g/mol. The van der Waals surface area contributed by atoms with Gasteiger partial charge >= 0.3 is 6.09 Å². The van der Waals surface area contributed by atoms with E-state index in [1.807, 2.05) is 36.4 Å². The molecule has 0 aromatic heterocycles. The van der Waals surface area contributed by atoms with E-state index < -0.39 is 6.09 Å². The first-order valence-electron chi connectivity index (χ1n) is 4.22. The third-order valence-corrected chi connectivity index (χ3v) is 1.96. The lowest BCUT2D eigenvalue weighted by Crippen LogP contribution is -2.16. The molecule has 0 unspecified atom stereocenters. The van der Waals surface area contributed by atoms with Crippen molar-refractivity contribution in [3.05, 3.63) is 42.5 Å². The molecule has 4 nitrogen and oxygen atoms in total. The molecule has 0 spiro atoms. The van der Waals surface area contributed by atoms with Crippen molar-refractivity contribution in [2.75, 3.05) is 0 Å². The van der Waals surface area contributed by atoms with Gasteiger partial charge in [0, 0.05) is 5.39 Å². The number of carbonyl (C=O) groups is 1. The van der Waals surface area contributed by atoms with Crippen molar-refractivity contribution < 1.29 is 9.53 Å². The van der Waals surface area contributed by atoms with Crippen LogP contribution in [-0.4, -0.2) is 6.09 Å². The van der Waals surface area contributed by atoms with E-state index in [1.165, 1.54) is 0 Å². The quantitative estimate of drug-likeness (QED) is 0.747. The van der Waals surface area contributed by atoms with Crippen LogP contribution in [0, 0.1) is 0 Å². The van der Waals surface area contributed by atoms with Crippen LogP contribution in [0.1, 0.15) is 0 Å². The Bertz CT molecular complexity index is 477. The predicted molar refractivity (Wildman–Crippen MR) is 59.2 cm³/mol. The van der Waals surface area contributed by atoms with Crippen molar-refractivity contribution in [2.24, 2.45) is 5.73 Å². The molecule has 0 aliphatic carbocycles. The van der Waals surface area contributed by atoms with E-state index in [2.05, 4.69) is 0 Å². The molecule has 0 atom stereocenters. The highest BCUT2D eigenvalue weighted by atomic mass is 16.5. The summed E-state index contributed by atoms with van der Waals surface area (Å²) < 4.78 is 4.87. The molecular formula is C11H12N2O2. The summed E-state index contributed by atoms with van der Waals surface area (Å²) in [5, 5.41) is 1.90. The summed E-state index contributed by atoms with van der Waals surface area (Å²) in [5.41, 5.74) is 4.95. The van der Waals surface area contributed by atoms with E-state index in [-0.39, 0.29) is 6.15 Å². The summed E-state index contributed by atoms with van der Waals surface area (Å²) in [6, 6.07) is 13.1. The Kier molecular flexibility index (Phi) is 3.25. The molecule has 0 bridgehead atoms. The molecule has 2 aromatic carbocycles. The van der Waals surface area contributed by atoms with Crippen LogP contribution in [-0.2, 0) is 0 Å². The lowest BCUT2D eigenvalue weighted by molar-refractivity contribution is 0.211. The minimum atomic E-state index is -0.790. The molecule has 0 heterocycles. The Morgan fingerprint density at radius 3 is 2.47 bits per heavy atom. The van der Waals surface area contributed by atoms with Crippen LogP contribution in [0.15, 0.2) is 42.5 Å². The number of rotatable bonds is 1. The Labute approximate surface area is 87.2 Å². The summed E-state index contributed by atoms with van der Waals surface area (Å²) in [6.45, 7) is 0. The van der Waals surface area contributed by atoms with Gasteiger partial charge in [-0.2, -0.15) is 0 Å². The van der Waals surface area contributed by atoms with Crippen LogP contribution in [0.4, 0.5) is 4.79 Å². The van der Waals surface area contributed by atoms with Gasteiger partial charge in [0.25, 0.3) is 0 Å². The summed E-state index contributed by atoms with van der Waals surface area (Å²) >= 11 is 0. The van der Waals surface area contributed by atoms with Gasteiger partial charge in [-0.25, -0.2) is 4.79 Å². The second-order valence-corrected chi connectivity index (χ2v) is 2.90. The van der Waals surface area contributed by atoms with Crippen molar-refractivity contribution in [1.82, 2.24) is 6.15 Å². The van der Waals surface area contributed by atoms with Crippen molar-refractivity contribution in [1.29, 1.82) is 0 Å². The van der Waals surface area contributed by atoms with Gasteiger partial charge in [-0.15, -0.1) is 0 Å². The first kappa shape index (κ1) is 11.0. The molecular weight excluding hydrogens is 192 g/mol. The normalized spacial score (nSPS) is 9.33. The molecule has 1 amide bonds. The van der Waals surface area contributed by atoms with Crippen LogP contribution in [0.5, 0.6) is 5.75 Å². The summed E-state index contributed by atoms with van der Waals surface area (Å²) in [5.74, 6) is 0.496. The van der Waals surface area contributed by atoms with Crippen LogP contribution in [0.3, 0.4) is 0 Å². The zero-order valence-electron chi connectivity index (χ0n) is 8.14. The highest BCUT2D eigenvalue weighted by molar-refractivity contribution is 5.89. The van der Waals surface area contributed by atoms with E-state index in [9.17, 15) is 4.79 Å². The fraction of sp³-hybridized carbons (Fsp3) is 0. The summed E-state index contributed by atoms with van der Waals surface area (Å²) in [4.78, 5) is 10.6. The largest absolute Gasteiger partial charge is 0.410 e. The van der Waals surface area contributed by atoms with Crippen molar-refractivity contribution in [3.8, 4) is 5.75 Å². The standard InChI is InChI=1S/C11H9NO2.H3N/c12-11(13)14-10-7-3-5-8-4-1-2-6-9(8)10;/h1-7H,(H2,12,13);1H3. The first-order chi connectivity index (χ1) is 6.77. The van der Waals surface area contributed by atoms with Gasteiger partial charge in [0.1, 0.15) is 5.75 Å². The maximum atomic E-state index is 10.6. The molecule has 2 aromatic rings. The smallest absolute Gasteiger partial charge is 0.409 e. The zero-order valence-corrected chi connectivity index (χ0v) is 8.14. The van der Waals surface area contributed by atoms with Gasteiger partial charge in [-0.3, -0.25) is 0 Å². The van der Waals surface area contributed by atoms with Crippen LogP contribution < -0.4 is 16.6 Å². The molecule has 5 N–H and O–H groups in total. The van der Waals surface area contributed by atoms with Crippen LogP contribution in [0.2, 0.25) is 0 Å². The van der Waals surface area contributed by atoms with Gasteiger partial charge in [0.15, 0.2) is 0 Å². The van der Waals surface area contributed by atoms with E-state index in [0.29, 0.717) is 5.75 Å². The van der Waals surface area contributed by atoms with Crippen molar-refractivity contribution >= 4 is 16.9 Å². The minimum Gasteiger partial charge on any atom is -0.410 e. The minimum absolute atomic E-state index is 0. The lowest BCUT2D eigenvalue weighted by atomic mass is 10.1. The van der Waals surface area contributed by atoms with E-state index in [0.717, 1.165) is 10.8 Å². The number of carbonyl (C=O) groups excluding carboxylic acids is 1. The Balaban J connectivity index is 0.00000112. The van der Waals surface area contributed by atoms with Crippen LogP contribution in [0.25, 0.3) is 10.8 Å². The second kappa shape index (κ2) is 4.43. The molecule has 0 fully saturated rings. The third kappa shape index (κ3) is 2.24. The highest BCUT2D eigenvalue weighted by Crippen LogP contribution is 2.24. The van der Waals surface area contributed by atoms with E-state index >= 15 is 0 Å². The molecule has 0 saturated heterocycles. The molecule has 4 heteroatoms. The second-order valence-electron chi connectivity index (χ2n) is 2.90. The van der Waals surface area contributed by atoms with Gasteiger partial charge in [-0.05, 0) is 11.5 Å². The Morgan fingerprint density at radius 1 is 1.07 bits per heavy atom. The van der Waals surface area contributed by atoms with Gasteiger partial charge < -0.3 is 16.6 Å². The number of ether oxygens (including phenoxy) is 1. The number of hydrogen-bond donors (Lipinski definition) is 2. The van der Waals surface area contributed by atoms with Crippen molar-refractivity contribution in [2.45, 2.75) is 0 Å². The average molecular weight is 204 g/mol. The third-order valence-electron chi connectivity index (χ3n) is 1.96. The van der Waals surface area contributed by atoms with E-state index in [1.54, 1.807) is 6.07 Å². The fourth-order valence-electron chi connectivity index (χ4n) is 1.39. The van der Waals surface area contributed by atoms with Gasteiger partial charge in [0.2, 0.25) is 0 Å². The number of primary amides is 1. The highest BCUT2D eigenvalue weighted by Gasteiger charge is 2.02. The maximum Gasteiger partial charge on any atom is 0.409 e.